The standard InChI is InChI=1S/C11H13N3OS/c15-9-4-1-5-14-11(9)12-10(13-14)7-8-3-2-6-16-8/h2-3,6,9,15H,1,4-5,7H2. The average molecular weight is 235 g/mol. The van der Waals surface area contributed by atoms with Crippen molar-refractivity contribution in [3.05, 3.63) is 34.0 Å². The van der Waals surface area contributed by atoms with E-state index in [1.807, 2.05) is 10.7 Å². The summed E-state index contributed by atoms with van der Waals surface area (Å²) in [4.78, 5) is 5.68. The van der Waals surface area contributed by atoms with Gasteiger partial charge in [-0.05, 0) is 24.3 Å². The van der Waals surface area contributed by atoms with Crippen molar-refractivity contribution in [3.8, 4) is 0 Å². The van der Waals surface area contributed by atoms with Gasteiger partial charge in [0.2, 0.25) is 0 Å². The Morgan fingerprint density at radius 3 is 3.25 bits per heavy atom. The van der Waals surface area contributed by atoms with Gasteiger partial charge in [0.25, 0.3) is 0 Å². The molecule has 0 saturated heterocycles. The first-order valence-electron chi connectivity index (χ1n) is 5.47. The SMILES string of the molecule is OC1CCCn2nc(Cc3cccs3)nc21. The van der Waals surface area contributed by atoms with Crippen molar-refractivity contribution in [2.75, 3.05) is 0 Å². The molecule has 0 aliphatic carbocycles. The van der Waals surface area contributed by atoms with Gasteiger partial charge >= 0.3 is 0 Å². The second kappa shape index (κ2) is 3.99. The Hall–Kier alpha value is -1.20. The fourth-order valence-corrected chi connectivity index (χ4v) is 2.72. The number of hydrogen-bond donors (Lipinski definition) is 1. The van der Waals surface area contributed by atoms with Crippen molar-refractivity contribution in [1.29, 1.82) is 0 Å². The van der Waals surface area contributed by atoms with Gasteiger partial charge in [0, 0.05) is 17.8 Å². The molecule has 84 valence electrons. The molecule has 0 saturated carbocycles. The normalized spacial score (nSPS) is 19.7. The molecule has 0 radical (unpaired) electrons. The molecule has 0 amide bonds. The highest BCUT2D eigenvalue weighted by molar-refractivity contribution is 7.09. The van der Waals surface area contributed by atoms with Crippen LogP contribution in [-0.4, -0.2) is 19.9 Å². The largest absolute Gasteiger partial charge is 0.385 e. The molecular formula is C11H13N3OS. The summed E-state index contributed by atoms with van der Waals surface area (Å²) >= 11 is 1.71. The summed E-state index contributed by atoms with van der Waals surface area (Å²) in [5.41, 5.74) is 0. The van der Waals surface area contributed by atoms with Gasteiger partial charge in [-0.2, -0.15) is 5.10 Å². The number of hydrogen-bond acceptors (Lipinski definition) is 4. The maximum Gasteiger partial charge on any atom is 0.156 e. The second-order valence-electron chi connectivity index (χ2n) is 4.02. The summed E-state index contributed by atoms with van der Waals surface area (Å²) in [6.07, 6.45) is 2.12. The van der Waals surface area contributed by atoms with E-state index >= 15 is 0 Å². The smallest absolute Gasteiger partial charge is 0.156 e. The first kappa shape index (κ1) is 9.99. The van der Waals surface area contributed by atoms with E-state index in [-0.39, 0.29) is 0 Å². The van der Waals surface area contributed by atoms with Gasteiger partial charge in [0.1, 0.15) is 6.10 Å². The maximum atomic E-state index is 9.78. The van der Waals surface area contributed by atoms with Crippen LogP contribution in [0.3, 0.4) is 0 Å². The van der Waals surface area contributed by atoms with Crippen molar-refractivity contribution in [1.82, 2.24) is 14.8 Å². The van der Waals surface area contributed by atoms with Gasteiger partial charge in [0.15, 0.2) is 11.6 Å². The fourth-order valence-electron chi connectivity index (χ4n) is 2.02. The van der Waals surface area contributed by atoms with Gasteiger partial charge in [0.05, 0.1) is 0 Å². The Labute approximate surface area is 97.6 Å². The van der Waals surface area contributed by atoms with E-state index in [1.165, 1.54) is 4.88 Å². The third kappa shape index (κ3) is 1.76. The predicted octanol–water partition coefficient (Wildman–Crippen LogP) is 1.76. The van der Waals surface area contributed by atoms with Gasteiger partial charge in [-0.15, -0.1) is 11.3 Å². The minimum Gasteiger partial charge on any atom is -0.385 e. The number of aliphatic hydroxyl groups excluding tert-OH is 1. The lowest BCUT2D eigenvalue weighted by atomic mass is 10.1. The molecule has 3 rings (SSSR count). The highest BCUT2D eigenvalue weighted by Gasteiger charge is 2.21. The lowest BCUT2D eigenvalue weighted by Gasteiger charge is -2.16. The molecule has 1 atom stereocenters. The predicted molar refractivity (Wildman–Crippen MR) is 61.3 cm³/mol. The summed E-state index contributed by atoms with van der Waals surface area (Å²) in [7, 11) is 0. The zero-order valence-corrected chi connectivity index (χ0v) is 9.65. The Morgan fingerprint density at radius 2 is 2.50 bits per heavy atom. The highest BCUT2D eigenvalue weighted by atomic mass is 32.1. The lowest BCUT2D eigenvalue weighted by molar-refractivity contribution is 0.130. The van der Waals surface area contributed by atoms with E-state index < -0.39 is 6.10 Å². The molecule has 0 aromatic carbocycles. The number of aryl methyl sites for hydroxylation is 1. The zero-order valence-electron chi connectivity index (χ0n) is 8.83. The summed E-state index contributed by atoms with van der Waals surface area (Å²) in [6, 6.07) is 4.12. The fraction of sp³-hybridized carbons (Fsp3) is 0.455. The molecule has 1 aliphatic heterocycles. The minimum atomic E-state index is -0.432. The molecule has 0 spiro atoms. The van der Waals surface area contributed by atoms with Crippen LogP contribution < -0.4 is 0 Å². The monoisotopic (exact) mass is 235 g/mol. The molecule has 3 heterocycles. The number of nitrogens with zero attached hydrogens (tertiary/aromatic N) is 3. The minimum absolute atomic E-state index is 0.432. The van der Waals surface area contributed by atoms with Crippen molar-refractivity contribution in [3.63, 3.8) is 0 Å². The number of aromatic nitrogens is 3. The molecule has 1 N–H and O–H groups in total. The molecular weight excluding hydrogens is 222 g/mol. The Bertz CT molecular complexity index is 477. The van der Waals surface area contributed by atoms with E-state index in [9.17, 15) is 5.11 Å². The third-order valence-electron chi connectivity index (χ3n) is 2.80. The summed E-state index contributed by atoms with van der Waals surface area (Å²) in [6.45, 7) is 0.879. The summed E-state index contributed by atoms with van der Waals surface area (Å²) < 4.78 is 1.84. The van der Waals surface area contributed by atoms with Crippen LogP contribution in [0.2, 0.25) is 0 Å². The van der Waals surface area contributed by atoms with Crippen molar-refractivity contribution in [2.24, 2.45) is 0 Å². The molecule has 0 bridgehead atoms. The number of rotatable bonds is 2. The zero-order chi connectivity index (χ0) is 11.0. The van der Waals surface area contributed by atoms with E-state index in [0.717, 1.165) is 37.5 Å². The molecule has 2 aromatic heterocycles. The second-order valence-corrected chi connectivity index (χ2v) is 5.06. The van der Waals surface area contributed by atoms with Crippen molar-refractivity contribution >= 4 is 11.3 Å². The Balaban J connectivity index is 1.87. The van der Waals surface area contributed by atoms with Gasteiger partial charge in [-0.25, -0.2) is 9.67 Å². The maximum absolute atomic E-state index is 9.78. The van der Waals surface area contributed by atoms with Gasteiger partial charge in [-0.1, -0.05) is 6.07 Å². The number of aliphatic hydroxyl groups is 1. The molecule has 1 unspecified atom stereocenters. The van der Waals surface area contributed by atoms with Crippen LogP contribution in [0, 0.1) is 0 Å². The van der Waals surface area contributed by atoms with E-state index in [1.54, 1.807) is 11.3 Å². The van der Waals surface area contributed by atoms with Crippen LogP contribution in [0.15, 0.2) is 17.5 Å². The van der Waals surface area contributed by atoms with Crippen molar-refractivity contribution in [2.45, 2.75) is 31.9 Å². The van der Waals surface area contributed by atoms with E-state index in [0.29, 0.717) is 0 Å². The molecule has 0 fully saturated rings. The van der Waals surface area contributed by atoms with Gasteiger partial charge < -0.3 is 5.11 Å². The van der Waals surface area contributed by atoms with Crippen LogP contribution in [0.1, 0.15) is 35.5 Å². The Kier molecular flexibility index (Phi) is 2.49. The molecule has 4 nitrogen and oxygen atoms in total. The van der Waals surface area contributed by atoms with E-state index in [4.69, 9.17) is 0 Å². The van der Waals surface area contributed by atoms with Crippen LogP contribution >= 0.6 is 11.3 Å². The van der Waals surface area contributed by atoms with Gasteiger partial charge in [-0.3, -0.25) is 0 Å². The van der Waals surface area contributed by atoms with Crippen LogP contribution in [0.5, 0.6) is 0 Å². The topological polar surface area (TPSA) is 50.9 Å². The van der Waals surface area contributed by atoms with Crippen molar-refractivity contribution < 1.29 is 5.11 Å². The third-order valence-corrected chi connectivity index (χ3v) is 3.68. The molecule has 2 aromatic rings. The average Bonchev–Trinajstić information content (AvgIpc) is 2.88. The molecule has 1 aliphatic rings. The Morgan fingerprint density at radius 1 is 1.56 bits per heavy atom. The first-order chi connectivity index (χ1) is 7.83. The van der Waals surface area contributed by atoms with Crippen LogP contribution in [-0.2, 0) is 13.0 Å². The van der Waals surface area contributed by atoms with Crippen LogP contribution in [0.4, 0.5) is 0 Å². The molecule has 16 heavy (non-hydrogen) atoms. The first-order valence-corrected chi connectivity index (χ1v) is 6.35. The summed E-state index contributed by atoms with van der Waals surface area (Å²) in [5, 5.41) is 16.3. The van der Waals surface area contributed by atoms with Crippen LogP contribution in [0.25, 0.3) is 0 Å². The highest BCUT2D eigenvalue weighted by Crippen LogP contribution is 2.23. The molecule has 5 heteroatoms. The van der Waals surface area contributed by atoms with E-state index in [2.05, 4.69) is 21.5 Å². The quantitative estimate of drug-likeness (QED) is 0.863. The number of thiophene rings is 1. The summed E-state index contributed by atoms with van der Waals surface area (Å²) in [5.74, 6) is 1.55. The lowest BCUT2D eigenvalue weighted by Crippen LogP contribution is -2.16. The number of fused-ring (bicyclic) bond motifs is 1.